The Bertz CT molecular complexity index is 307. The number of hydrogen-bond acceptors (Lipinski definition) is 2. The zero-order chi connectivity index (χ0) is 9.26. The van der Waals surface area contributed by atoms with Gasteiger partial charge in [-0.1, -0.05) is 12.1 Å². The van der Waals surface area contributed by atoms with Crippen molar-refractivity contribution in [3.63, 3.8) is 0 Å². The highest BCUT2D eigenvalue weighted by Crippen LogP contribution is 2.38. The zero-order valence-corrected chi connectivity index (χ0v) is 7.88. The van der Waals surface area contributed by atoms with Crippen molar-refractivity contribution in [1.29, 1.82) is 0 Å². The molecule has 2 N–H and O–H groups in total. The van der Waals surface area contributed by atoms with Crippen LogP contribution in [0.1, 0.15) is 23.5 Å². The van der Waals surface area contributed by atoms with Crippen LogP contribution < -0.4 is 5.32 Å². The van der Waals surface area contributed by atoms with Crippen molar-refractivity contribution in [2.24, 2.45) is 0 Å². The van der Waals surface area contributed by atoms with Crippen molar-refractivity contribution < 1.29 is 5.11 Å². The highest BCUT2D eigenvalue weighted by atomic mass is 16.3. The van der Waals surface area contributed by atoms with Gasteiger partial charge in [-0.3, -0.25) is 0 Å². The lowest BCUT2D eigenvalue weighted by Gasteiger charge is -2.11. The lowest BCUT2D eigenvalue weighted by Crippen LogP contribution is -2.15. The molecule has 0 spiro atoms. The molecule has 1 aliphatic rings. The summed E-state index contributed by atoms with van der Waals surface area (Å²) in [6.45, 7) is 0.963. The van der Waals surface area contributed by atoms with E-state index in [2.05, 4.69) is 11.4 Å². The predicted molar refractivity (Wildman–Crippen MR) is 53.1 cm³/mol. The Morgan fingerprint density at radius 1 is 1.54 bits per heavy atom. The number of fused-ring (bicyclic) bond motifs is 1. The van der Waals surface area contributed by atoms with E-state index in [1.54, 1.807) is 6.07 Å². The van der Waals surface area contributed by atoms with Gasteiger partial charge in [0.05, 0.1) is 0 Å². The molecule has 1 aliphatic carbocycles. The molecular weight excluding hydrogens is 162 g/mol. The van der Waals surface area contributed by atoms with Gasteiger partial charge in [-0.25, -0.2) is 0 Å². The van der Waals surface area contributed by atoms with Crippen LogP contribution in [0.15, 0.2) is 18.2 Å². The summed E-state index contributed by atoms with van der Waals surface area (Å²) in [6.07, 6.45) is 2.27. The van der Waals surface area contributed by atoms with Gasteiger partial charge in [0, 0.05) is 18.0 Å². The van der Waals surface area contributed by atoms with E-state index in [1.165, 1.54) is 5.56 Å². The molecule has 0 heterocycles. The summed E-state index contributed by atoms with van der Waals surface area (Å²) in [5, 5.41) is 12.9. The third-order valence-electron chi connectivity index (χ3n) is 2.79. The molecule has 0 saturated carbocycles. The van der Waals surface area contributed by atoms with Gasteiger partial charge in [-0.2, -0.15) is 0 Å². The minimum absolute atomic E-state index is 0.468. The highest BCUT2D eigenvalue weighted by molar-refractivity contribution is 5.45. The molecule has 2 nitrogen and oxygen atoms in total. The minimum atomic E-state index is 0.468. The molecule has 0 aliphatic heterocycles. The van der Waals surface area contributed by atoms with Crippen LogP contribution in [0.2, 0.25) is 0 Å². The van der Waals surface area contributed by atoms with Crippen molar-refractivity contribution in [3.05, 3.63) is 29.3 Å². The minimum Gasteiger partial charge on any atom is -0.508 e. The molecule has 2 rings (SSSR count). The molecule has 0 saturated heterocycles. The monoisotopic (exact) mass is 177 g/mol. The van der Waals surface area contributed by atoms with E-state index in [1.807, 2.05) is 13.1 Å². The number of phenols is 1. The zero-order valence-electron chi connectivity index (χ0n) is 7.88. The number of phenolic OH excluding ortho intramolecular Hbond substituents is 1. The van der Waals surface area contributed by atoms with Gasteiger partial charge >= 0.3 is 0 Å². The Morgan fingerprint density at radius 2 is 2.38 bits per heavy atom. The van der Waals surface area contributed by atoms with Gasteiger partial charge in [-0.15, -0.1) is 0 Å². The molecule has 70 valence electrons. The van der Waals surface area contributed by atoms with Crippen LogP contribution in [-0.2, 0) is 6.42 Å². The van der Waals surface area contributed by atoms with E-state index in [-0.39, 0.29) is 0 Å². The van der Waals surface area contributed by atoms with Crippen molar-refractivity contribution in [2.45, 2.75) is 18.8 Å². The van der Waals surface area contributed by atoms with Crippen LogP contribution in [0.4, 0.5) is 0 Å². The third-order valence-corrected chi connectivity index (χ3v) is 2.79. The van der Waals surface area contributed by atoms with Crippen LogP contribution in [-0.4, -0.2) is 18.7 Å². The quantitative estimate of drug-likeness (QED) is 0.719. The summed E-state index contributed by atoms with van der Waals surface area (Å²) in [7, 11) is 1.96. The molecule has 2 heteroatoms. The summed E-state index contributed by atoms with van der Waals surface area (Å²) < 4.78 is 0. The van der Waals surface area contributed by atoms with Gasteiger partial charge in [-0.05, 0) is 31.5 Å². The van der Waals surface area contributed by atoms with Crippen LogP contribution >= 0.6 is 0 Å². The van der Waals surface area contributed by atoms with E-state index < -0.39 is 0 Å². The van der Waals surface area contributed by atoms with Crippen LogP contribution in [0.25, 0.3) is 0 Å². The molecule has 0 amide bonds. The summed E-state index contributed by atoms with van der Waals surface area (Å²) in [5.41, 5.74) is 2.48. The molecule has 1 aromatic carbocycles. The highest BCUT2D eigenvalue weighted by Gasteiger charge is 2.24. The first-order valence-corrected chi connectivity index (χ1v) is 4.78. The van der Waals surface area contributed by atoms with E-state index in [9.17, 15) is 5.11 Å². The van der Waals surface area contributed by atoms with Crippen LogP contribution in [0.5, 0.6) is 5.75 Å². The van der Waals surface area contributed by atoms with Crippen LogP contribution in [0.3, 0.4) is 0 Å². The third kappa shape index (κ3) is 1.42. The fraction of sp³-hybridized carbons (Fsp3) is 0.455. The lowest BCUT2D eigenvalue weighted by molar-refractivity contribution is 0.461. The number of nitrogens with one attached hydrogen (secondary N) is 1. The lowest BCUT2D eigenvalue weighted by atomic mass is 10.0. The Morgan fingerprint density at radius 3 is 3.15 bits per heavy atom. The van der Waals surface area contributed by atoms with Gasteiger partial charge in [0.2, 0.25) is 0 Å². The number of rotatable bonds is 2. The smallest absolute Gasteiger partial charge is 0.119 e. The standard InChI is InChI=1S/C11H15NO/c1-12-7-9-6-5-8-3-2-4-10(13)11(8)9/h2-4,9,12-13H,5-7H2,1H3. The average molecular weight is 177 g/mol. The Kier molecular flexibility index (Phi) is 2.23. The first kappa shape index (κ1) is 8.57. The van der Waals surface area contributed by atoms with E-state index in [0.29, 0.717) is 11.7 Å². The SMILES string of the molecule is CNCC1CCc2cccc(O)c21. The number of aromatic hydroxyl groups is 1. The van der Waals surface area contributed by atoms with E-state index >= 15 is 0 Å². The summed E-state index contributed by atoms with van der Waals surface area (Å²) in [6, 6.07) is 5.83. The number of benzene rings is 1. The molecule has 1 aromatic rings. The average Bonchev–Trinajstić information content (AvgIpc) is 2.51. The topological polar surface area (TPSA) is 32.3 Å². The van der Waals surface area contributed by atoms with Gasteiger partial charge in [0.25, 0.3) is 0 Å². The first-order chi connectivity index (χ1) is 6.33. The molecule has 0 fully saturated rings. The number of hydrogen-bond donors (Lipinski definition) is 2. The van der Waals surface area contributed by atoms with Gasteiger partial charge in [0.1, 0.15) is 5.75 Å². The Balaban J connectivity index is 2.34. The molecule has 0 radical (unpaired) electrons. The molecule has 1 atom stereocenters. The fourth-order valence-corrected chi connectivity index (χ4v) is 2.21. The Hall–Kier alpha value is -1.02. The second-order valence-corrected chi connectivity index (χ2v) is 3.64. The van der Waals surface area contributed by atoms with Gasteiger partial charge in [0.15, 0.2) is 0 Å². The second kappa shape index (κ2) is 3.38. The van der Waals surface area contributed by atoms with Crippen LogP contribution in [0, 0.1) is 0 Å². The first-order valence-electron chi connectivity index (χ1n) is 4.78. The fourth-order valence-electron chi connectivity index (χ4n) is 2.21. The molecule has 0 aromatic heterocycles. The van der Waals surface area contributed by atoms with Crippen molar-refractivity contribution in [2.75, 3.05) is 13.6 Å². The normalized spacial score (nSPS) is 20.2. The van der Waals surface area contributed by atoms with Crippen molar-refractivity contribution in [3.8, 4) is 5.75 Å². The summed E-state index contributed by atoms with van der Waals surface area (Å²) in [4.78, 5) is 0. The maximum absolute atomic E-state index is 9.70. The number of aryl methyl sites for hydroxylation is 1. The molecular formula is C11H15NO. The molecule has 13 heavy (non-hydrogen) atoms. The predicted octanol–water partition coefficient (Wildman–Crippen LogP) is 1.64. The molecule has 1 unspecified atom stereocenters. The maximum Gasteiger partial charge on any atom is 0.119 e. The van der Waals surface area contributed by atoms with E-state index in [0.717, 1.165) is 24.9 Å². The van der Waals surface area contributed by atoms with E-state index in [4.69, 9.17) is 0 Å². The maximum atomic E-state index is 9.70. The Labute approximate surface area is 78.6 Å². The van der Waals surface area contributed by atoms with Crippen molar-refractivity contribution >= 4 is 0 Å². The van der Waals surface area contributed by atoms with Gasteiger partial charge < -0.3 is 10.4 Å². The number of likely N-dealkylation sites (N-methyl/N-ethyl adjacent to an activating group) is 1. The summed E-state index contributed by atoms with van der Waals surface area (Å²) >= 11 is 0. The molecule has 0 bridgehead atoms. The second-order valence-electron chi connectivity index (χ2n) is 3.64. The summed E-state index contributed by atoms with van der Waals surface area (Å²) in [5.74, 6) is 0.969. The largest absolute Gasteiger partial charge is 0.508 e. The van der Waals surface area contributed by atoms with Crippen molar-refractivity contribution in [1.82, 2.24) is 5.32 Å².